The van der Waals surface area contributed by atoms with Gasteiger partial charge in [-0.1, -0.05) is 35.0 Å². The van der Waals surface area contributed by atoms with Crippen molar-refractivity contribution in [3.8, 4) is 0 Å². The zero-order chi connectivity index (χ0) is 11.5. The average molecular weight is 381 g/mol. The Morgan fingerprint density at radius 2 is 1.62 bits per heavy atom. The van der Waals surface area contributed by atoms with Gasteiger partial charge in [0.2, 0.25) is 0 Å². The molecule has 0 heterocycles. The third kappa shape index (κ3) is 3.29. The molecular formula is C12H7Cl2IS. The van der Waals surface area contributed by atoms with E-state index in [9.17, 15) is 0 Å². The molecule has 0 bridgehead atoms. The van der Waals surface area contributed by atoms with Crippen molar-refractivity contribution < 1.29 is 0 Å². The summed E-state index contributed by atoms with van der Waals surface area (Å²) in [5.74, 6) is 0. The van der Waals surface area contributed by atoms with E-state index in [1.54, 1.807) is 11.8 Å². The van der Waals surface area contributed by atoms with Gasteiger partial charge in [-0.3, -0.25) is 0 Å². The molecule has 2 rings (SSSR count). The number of benzene rings is 2. The van der Waals surface area contributed by atoms with E-state index in [2.05, 4.69) is 22.6 Å². The topological polar surface area (TPSA) is 0 Å². The second-order valence-electron chi connectivity index (χ2n) is 3.13. The number of rotatable bonds is 2. The van der Waals surface area contributed by atoms with Gasteiger partial charge < -0.3 is 0 Å². The average Bonchev–Trinajstić information content (AvgIpc) is 2.25. The van der Waals surface area contributed by atoms with Crippen LogP contribution in [-0.4, -0.2) is 0 Å². The predicted octanol–water partition coefficient (Wildman–Crippen LogP) is 5.75. The van der Waals surface area contributed by atoms with Crippen molar-refractivity contribution in [3.63, 3.8) is 0 Å². The summed E-state index contributed by atoms with van der Waals surface area (Å²) in [4.78, 5) is 2.19. The van der Waals surface area contributed by atoms with E-state index in [1.165, 1.54) is 0 Å². The Morgan fingerprint density at radius 1 is 0.938 bits per heavy atom. The van der Waals surface area contributed by atoms with Crippen LogP contribution < -0.4 is 0 Å². The molecule has 0 N–H and O–H groups in total. The van der Waals surface area contributed by atoms with E-state index < -0.39 is 0 Å². The van der Waals surface area contributed by atoms with Gasteiger partial charge in [0, 0.05) is 18.4 Å². The highest BCUT2D eigenvalue weighted by molar-refractivity contribution is 14.1. The molecule has 0 nitrogen and oxygen atoms in total. The lowest BCUT2D eigenvalue weighted by Crippen LogP contribution is -1.77. The quantitative estimate of drug-likeness (QED) is 0.597. The van der Waals surface area contributed by atoms with Crippen molar-refractivity contribution in [2.75, 3.05) is 0 Å². The Hall–Kier alpha value is 0.1000. The minimum absolute atomic E-state index is 0.748. The minimum Gasteiger partial charge on any atom is -0.0885 e. The van der Waals surface area contributed by atoms with Gasteiger partial charge in [-0.05, 0) is 65.1 Å². The Balaban J connectivity index is 2.23. The maximum atomic E-state index is 6.16. The zero-order valence-corrected chi connectivity index (χ0v) is 12.6. The fourth-order valence-corrected chi connectivity index (χ4v) is 3.10. The lowest BCUT2D eigenvalue weighted by Gasteiger charge is -2.04. The smallest absolute Gasteiger partial charge is 0.0555 e. The molecule has 2 aromatic rings. The van der Waals surface area contributed by atoms with E-state index in [-0.39, 0.29) is 0 Å². The number of hydrogen-bond donors (Lipinski definition) is 0. The van der Waals surface area contributed by atoms with Crippen molar-refractivity contribution >= 4 is 57.6 Å². The third-order valence-electron chi connectivity index (χ3n) is 1.94. The Morgan fingerprint density at radius 3 is 2.25 bits per heavy atom. The molecule has 0 fully saturated rings. The molecule has 16 heavy (non-hydrogen) atoms. The predicted molar refractivity (Wildman–Crippen MR) is 79.7 cm³/mol. The normalized spacial score (nSPS) is 10.4. The van der Waals surface area contributed by atoms with Crippen LogP contribution >= 0.6 is 57.6 Å². The van der Waals surface area contributed by atoms with Crippen LogP contribution in [0, 0.1) is 3.57 Å². The van der Waals surface area contributed by atoms with Gasteiger partial charge >= 0.3 is 0 Å². The first-order valence-electron chi connectivity index (χ1n) is 4.53. The molecule has 0 aliphatic heterocycles. The lowest BCUT2D eigenvalue weighted by molar-refractivity contribution is 1.40. The van der Waals surface area contributed by atoms with E-state index in [0.717, 1.165) is 23.4 Å². The highest BCUT2D eigenvalue weighted by Crippen LogP contribution is 2.34. The Bertz CT molecular complexity index is 497. The van der Waals surface area contributed by atoms with Gasteiger partial charge in [0.05, 0.1) is 5.02 Å². The third-order valence-corrected chi connectivity index (χ3v) is 4.37. The fraction of sp³-hybridized carbons (Fsp3) is 0. The van der Waals surface area contributed by atoms with Crippen molar-refractivity contribution in [3.05, 3.63) is 56.1 Å². The molecule has 2 aromatic carbocycles. The summed E-state index contributed by atoms with van der Waals surface area (Å²) < 4.78 is 1.14. The van der Waals surface area contributed by atoms with Crippen LogP contribution in [0.3, 0.4) is 0 Å². The molecule has 0 aliphatic rings. The Kier molecular flexibility index (Phi) is 4.41. The lowest BCUT2D eigenvalue weighted by atomic mass is 10.4. The van der Waals surface area contributed by atoms with Crippen molar-refractivity contribution in [1.29, 1.82) is 0 Å². The summed E-state index contributed by atoms with van der Waals surface area (Å²) in [6, 6.07) is 13.8. The molecular weight excluding hydrogens is 374 g/mol. The molecule has 0 saturated heterocycles. The molecule has 0 atom stereocenters. The van der Waals surface area contributed by atoms with Crippen molar-refractivity contribution in [2.24, 2.45) is 0 Å². The first-order valence-corrected chi connectivity index (χ1v) is 7.19. The SMILES string of the molecule is Clc1ccc(Sc2ccc(I)cc2Cl)cc1. The van der Waals surface area contributed by atoms with Crippen LogP contribution in [0.15, 0.2) is 52.3 Å². The van der Waals surface area contributed by atoms with Gasteiger partial charge in [0.15, 0.2) is 0 Å². The second-order valence-corrected chi connectivity index (χ2v) is 6.34. The summed E-state index contributed by atoms with van der Waals surface area (Å²) in [5, 5.41) is 1.53. The van der Waals surface area contributed by atoms with Crippen LogP contribution in [0.4, 0.5) is 0 Å². The highest BCUT2D eigenvalue weighted by atomic mass is 127. The molecule has 0 amide bonds. The summed E-state index contributed by atoms with van der Waals surface area (Å²) >= 11 is 15.9. The summed E-state index contributed by atoms with van der Waals surface area (Å²) in [6.45, 7) is 0. The molecule has 0 radical (unpaired) electrons. The molecule has 0 saturated carbocycles. The van der Waals surface area contributed by atoms with Gasteiger partial charge in [-0.25, -0.2) is 0 Å². The molecule has 4 heteroatoms. The van der Waals surface area contributed by atoms with Crippen LogP contribution in [-0.2, 0) is 0 Å². The van der Waals surface area contributed by atoms with E-state index >= 15 is 0 Å². The van der Waals surface area contributed by atoms with Gasteiger partial charge in [-0.15, -0.1) is 0 Å². The van der Waals surface area contributed by atoms with Crippen molar-refractivity contribution in [2.45, 2.75) is 9.79 Å². The summed E-state index contributed by atoms with van der Waals surface area (Å²) in [6.07, 6.45) is 0. The standard InChI is InChI=1S/C12H7Cl2IS/c13-8-1-4-10(5-2-8)16-12-6-3-9(15)7-11(12)14/h1-7H. The number of hydrogen-bond acceptors (Lipinski definition) is 1. The first-order chi connectivity index (χ1) is 7.65. The molecule has 0 aromatic heterocycles. The first kappa shape index (κ1) is 12.6. The molecule has 82 valence electrons. The summed E-state index contributed by atoms with van der Waals surface area (Å²) in [7, 11) is 0. The monoisotopic (exact) mass is 380 g/mol. The van der Waals surface area contributed by atoms with Crippen LogP contribution in [0.5, 0.6) is 0 Å². The number of halogens is 3. The maximum absolute atomic E-state index is 6.16. The van der Waals surface area contributed by atoms with Gasteiger partial charge in [-0.2, -0.15) is 0 Å². The van der Waals surface area contributed by atoms with Crippen LogP contribution in [0.25, 0.3) is 0 Å². The van der Waals surface area contributed by atoms with Gasteiger partial charge in [0.25, 0.3) is 0 Å². The fourth-order valence-electron chi connectivity index (χ4n) is 1.19. The van der Waals surface area contributed by atoms with Gasteiger partial charge in [0.1, 0.15) is 0 Å². The van der Waals surface area contributed by atoms with Crippen molar-refractivity contribution in [1.82, 2.24) is 0 Å². The van der Waals surface area contributed by atoms with E-state index in [4.69, 9.17) is 23.2 Å². The molecule has 0 spiro atoms. The van der Waals surface area contributed by atoms with Crippen LogP contribution in [0.1, 0.15) is 0 Å². The van der Waals surface area contributed by atoms with E-state index in [0.29, 0.717) is 0 Å². The van der Waals surface area contributed by atoms with Crippen LogP contribution in [0.2, 0.25) is 10.0 Å². The zero-order valence-electron chi connectivity index (χ0n) is 8.08. The molecule has 0 unspecified atom stereocenters. The van der Waals surface area contributed by atoms with E-state index in [1.807, 2.05) is 42.5 Å². The largest absolute Gasteiger partial charge is 0.0885 e. The highest BCUT2D eigenvalue weighted by Gasteiger charge is 2.03. The molecule has 0 aliphatic carbocycles. The minimum atomic E-state index is 0.748. The summed E-state index contributed by atoms with van der Waals surface area (Å²) in [5.41, 5.74) is 0. The second kappa shape index (κ2) is 5.63. The maximum Gasteiger partial charge on any atom is 0.0555 e. The Labute approximate surface area is 122 Å².